The Morgan fingerprint density at radius 1 is 1.33 bits per heavy atom. The number of thioether (sulfide) groups is 1. The molecule has 0 aliphatic rings. The van der Waals surface area contributed by atoms with E-state index in [1.165, 1.54) is 11.8 Å². The average molecular weight is 250 g/mol. The molecule has 4 nitrogen and oxygen atoms in total. The maximum Gasteiger partial charge on any atom is 0.334 e. The van der Waals surface area contributed by atoms with Gasteiger partial charge in [0.2, 0.25) is 0 Å². The van der Waals surface area contributed by atoms with Gasteiger partial charge in [0, 0.05) is 19.0 Å². The molecule has 0 rings (SSSR count). The lowest BCUT2D eigenvalue weighted by molar-refractivity contribution is 0.189. The lowest BCUT2D eigenvalue weighted by Crippen LogP contribution is -2.38. The average Bonchev–Trinajstić information content (AvgIpc) is 2.13. The predicted molar refractivity (Wildman–Crippen MR) is 68.7 cm³/mol. The van der Waals surface area contributed by atoms with Crippen LogP contribution in [0, 0.1) is 5.41 Å². The molecule has 0 unspecified atom stereocenters. The summed E-state index contributed by atoms with van der Waals surface area (Å²) in [7, 11) is -1.95. The molecule has 0 saturated carbocycles. The molecule has 90 valence electrons. The molecule has 0 bridgehead atoms. The Bertz CT molecular complexity index is 187. The van der Waals surface area contributed by atoms with Crippen LogP contribution in [0.1, 0.15) is 20.3 Å². The van der Waals surface area contributed by atoms with Gasteiger partial charge < -0.3 is 14.6 Å². The maximum atomic E-state index is 7.08. The van der Waals surface area contributed by atoms with E-state index in [2.05, 4.69) is 6.55 Å². The molecule has 0 aromatic rings. The molecule has 0 aliphatic heterocycles. The topological polar surface area (TPSA) is 68.3 Å². The molecule has 0 saturated heterocycles. The van der Waals surface area contributed by atoms with E-state index in [0.29, 0.717) is 13.2 Å². The Morgan fingerprint density at radius 2 is 1.87 bits per heavy atom. The van der Waals surface area contributed by atoms with Gasteiger partial charge in [0.25, 0.3) is 0 Å². The van der Waals surface area contributed by atoms with Crippen LogP contribution < -0.4 is 5.73 Å². The third-order valence-electron chi connectivity index (χ3n) is 1.93. The molecular weight excluding hydrogens is 228 g/mol. The van der Waals surface area contributed by atoms with Crippen LogP contribution in [0.4, 0.5) is 0 Å². The van der Waals surface area contributed by atoms with Crippen molar-refractivity contribution in [1.82, 2.24) is 0 Å². The highest BCUT2D eigenvalue weighted by molar-refractivity contribution is 8.13. The summed E-state index contributed by atoms with van der Waals surface area (Å²) in [6.45, 7) is 7.51. The standard InChI is InChI=1S/C9H22N2O2SSi/c1-4-12-15(3,13-5-2)8-6-7-14-9(10)11/h4-8H2,1-3H3,(H3,10,11). The van der Waals surface area contributed by atoms with Crippen molar-refractivity contribution < 1.29 is 8.85 Å². The summed E-state index contributed by atoms with van der Waals surface area (Å²) < 4.78 is 11.4. The minimum absolute atomic E-state index is 0.186. The first kappa shape index (κ1) is 15.0. The molecule has 6 heteroatoms. The monoisotopic (exact) mass is 250 g/mol. The third-order valence-corrected chi connectivity index (χ3v) is 5.80. The summed E-state index contributed by atoms with van der Waals surface area (Å²) in [4.78, 5) is 0. The van der Waals surface area contributed by atoms with Gasteiger partial charge in [-0.25, -0.2) is 0 Å². The fourth-order valence-electron chi connectivity index (χ4n) is 1.37. The molecule has 0 aliphatic carbocycles. The molecule has 0 atom stereocenters. The van der Waals surface area contributed by atoms with E-state index in [1.54, 1.807) is 0 Å². The molecule has 3 N–H and O–H groups in total. The molecule has 0 fully saturated rings. The van der Waals surface area contributed by atoms with Gasteiger partial charge in [-0.1, -0.05) is 11.8 Å². The Balaban J connectivity index is 3.79. The van der Waals surface area contributed by atoms with Crippen LogP contribution in [0.5, 0.6) is 0 Å². The van der Waals surface area contributed by atoms with Crippen LogP contribution >= 0.6 is 11.8 Å². The summed E-state index contributed by atoms with van der Waals surface area (Å²) in [6.07, 6.45) is 0.993. The summed E-state index contributed by atoms with van der Waals surface area (Å²) in [5, 5.41) is 7.27. The van der Waals surface area contributed by atoms with Crippen LogP contribution in [-0.2, 0) is 8.85 Å². The first-order valence-electron chi connectivity index (χ1n) is 5.28. The molecule has 0 radical (unpaired) electrons. The van der Waals surface area contributed by atoms with Crippen LogP contribution in [0.15, 0.2) is 0 Å². The number of hydrogen-bond donors (Lipinski definition) is 2. The minimum Gasteiger partial charge on any atom is -0.395 e. The Morgan fingerprint density at radius 3 is 2.27 bits per heavy atom. The van der Waals surface area contributed by atoms with Gasteiger partial charge in [-0.05, 0) is 32.9 Å². The number of nitrogens with two attached hydrogens (primary N) is 1. The van der Waals surface area contributed by atoms with E-state index in [1.807, 2.05) is 13.8 Å². The van der Waals surface area contributed by atoms with E-state index >= 15 is 0 Å². The summed E-state index contributed by atoms with van der Waals surface area (Å²) in [5.41, 5.74) is 5.25. The normalized spacial score (nSPS) is 11.7. The molecule has 0 aromatic heterocycles. The van der Waals surface area contributed by atoms with Crippen LogP contribution in [0.2, 0.25) is 12.6 Å². The predicted octanol–water partition coefficient (Wildman–Crippen LogP) is 2.15. The van der Waals surface area contributed by atoms with E-state index in [0.717, 1.165) is 18.2 Å². The van der Waals surface area contributed by atoms with E-state index in [-0.39, 0.29) is 5.17 Å². The molecular formula is C9H22N2O2SSi. The molecule has 0 spiro atoms. The number of rotatable bonds is 8. The Hall–Kier alpha value is -0.0431. The second-order valence-corrected chi connectivity index (χ2v) is 7.80. The molecule has 0 amide bonds. The summed E-state index contributed by atoms with van der Waals surface area (Å²) in [5.74, 6) is 0.873. The van der Waals surface area contributed by atoms with Gasteiger partial charge >= 0.3 is 8.56 Å². The maximum absolute atomic E-state index is 7.08. The fraction of sp³-hybridized carbons (Fsp3) is 0.889. The van der Waals surface area contributed by atoms with Crippen molar-refractivity contribution in [2.75, 3.05) is 19.0 Å². The zero-order valence-corrected chi connectivity index (χ0v) is 11.7. The summed E-state index contributed by atoms with van der Waals surface area (Å²) in [6, 6.07) is 0.967. The van der Waals surface area contributed by atoms with Crippen molar-refractivity contribution in [3.8, 4) is 0 Å². The van der Waals surface area contributed by atoms with Gasteiger partial charge in [0.1, 0.15) is 0 Å². The van der Waals surface area contributed by atoms with Crippen molar-refractivity contribution in [2.45, 2.75) is 32.9 Å². The lowest BCUT2D eigenvalue weighted by Gasteiger charge is -2.25. The van der Waals surface area contributed by atoms with Gasteiger partial charge in [-0.3, -0.25) is 5.41 Å². The summed E-state index contributed by atoms with van der Waals surface area (Å²) >= 11 is 1.38. The Kier molecular flexibility index (Phi) is 8.13. The highest BCUT2D eigenvalue weighted by Crippen LogP contribution is 2.17. The van der Waals surface area contributed by atoms with E-state index < -0.39 is 8.56 Å². The number of nitrogens with one attached hydrogen (secondary N) is 1. The van der Waals surface area contributed by atoms with E-state index in [4.69, 9.17) is 20.0 Å². The van der Waals surface area contributed by atoms with Gasteiger partial charge in [-0.15, -0.1) is 0 Å². The second-order valence-electron chi connectivity index (χ2n) is 3.32. The van der Waals surface area contributed by atoms with Crippen LogP contribution in [-0.4, -0.2) is 32.7 Å². The first-order valence-corrected chi connectivity index (χ1v) is 8.79. The Labute approximate surface area is 97.7 Å². The van der Waals surface area contributed by atoms with Crippen molar-refractivity contribution in [3.63, 3.8) is 0 Å². The quantitative estimate of drug-likeness (QED) is 0.300. The van der Waals surface area contributed by atoms with Crippen LogP contribution in [0.25, 0.3) is 0 Å². The van der Waals surface area contributed by atoms with E-state index in [9.17, 15) is 0 Å². The third kappa shape index (κ3) is 7.84. The SMILES string of the molecule is CCO[Si](C)(CCCSC(=N)N)OCC. The highest BCUT2D eigenvalue weighted by Gasteiger charge is 2.29. The molecule has 0 heterocycles. The fourth-order valence-corrected chi connectivity index (χ4v) is 4.55. The van der Waals surface area contributed by atoms with Crippen molar-refractivity contribution in [1.29, 1.82) is 5.41 Å². The largest absolute Gasteiger partial charge is 0.395 e. The smallest absolute Gasteiger partial charge is 0.334 e. The van der Waals surface area contributed by atoms with Gasteiger partial charge in [0.05, 0.1) is 0 Å². The van der Waals surface area contributed by atoms with Gasteiger partial charge in [-0.2, -0.15) is 0 Å². The zero-order chi connectivity index (χ0) is 11.7. The first-order chi connectivity index (χ1) is 7.04. The van der Waals surface area contributed by atoms with Crippen molar-refractivity contribution in [2.24, 2.45) is 5.73 Å². The molecule has 15 heavy (non-hydrogen) atoms. The second kappa shape index (κ2) is 8.15. The number of hydrogen-bond acceptors (Lipinski definition) is 4. The van der Waals surface area contributed by atoms with Gasteiger partial charge in [0.15, 0.2) is 5.17 Å². The number of amidine groups is 1. The van der Waals surface area contributed by atoms with Crippen molar-refractivity contribution >= 4 is 25.5 Å². The highest BCUT2D eigenvalue weighted by atomic mass is 32.2. The van der Waals surface area contributed by atoms with Crippen LogP contribution in [0.3, 0.4) is 0 Å². The zero-order valence-electron chi connectivity index (χ0n) is 9.84. The van der Waals surface area contributed by atoms with Crippen molar-refractivity contribution in [3.05, 3.63) is 0 Å². The molecule has 0 aromatic carbocycles. The minimum atomic E-state index is -1.95. The lowest BCUT2D eigenvalue weighted by atomic mass is 10.6.